The summed E-state index contributed by atoms with van der Waals surface area (Å²) in [5, 5.41) is 10.7. The number of rotatable bonds is 3. The van der Waals surface area contributed by atoms with Gasteiger partial charge in [0.2, 0.25) is 5.91 Å². The second-order valence-electron chi connectivity index (χ2n) is 3.96. The number of carbonyl (C=O) groups is 3. The number of ether oxygens (including phenoxy) is 1. The van der Waals surface area contributed by atoms with E-state index in [2.05, 4.69) is 0 Å². The molecule has 19 heavy (non-hydrogen) atoms. The normalized spacial score (nSPS) is 25.2. The van der Waals surface area contributed by atoms with Crippen molar-refractivity contribution in [2.24, 2.45) is 5.73 Å². The van der Waals surface area contributed by atoms with Crippen LogP contribution in [0, 0.1) is 0 Å². The zero-order chi connectivity index (χ0) is 13.4. The number of carbonyl (C=O) groups excluding carboxylic acids is 3. The van der Waals surface area contributed by atoms with Crippen molar-refractivity contribution in [1.82, 2.24) is 4.90 Å². The van der Waals surface area contributed by atoms with Crippen LogP contribution in [0.3, 0.4) is 0 Å². The van der Waals surface area contributed by atoms with E-state index in [1.807, 2.05) is 0 Å². The van der Waals surface area contributed by atoms with E-state index in [0.29, 0.717) is 11.3 Å². The smallest absolute Gasteiger partial charge is 0.543 e. The van der Waals surface area contributed by atoms with Gasteiger partial charge in [0, 0.05) is 18.2 Å². The quantitative estimate of drug-likeness (QED) is 0.314. The Hall–Kier alpha value is -0.540. The molecule has 0 aromatic rings. The van der Waals surface area contributed by atoms with E-state index in [1.165, 1.54) is 18.7 Å². The summed E-state index contributed by atoms with van der Waals surface area (Å²) in [6, 6.07) is -0.681. The van der Waals surface area contributed by atoms with Crippen LogP contribution in [-0.2, 0) is 19.1 Å². The van der Waals surface area contributed by atoms with Gasteiger partial charge in [-0.2, -0.15) is 0 Å². The Balaban J connectivity index is 0.00000180. The van der Waals surface area contributed by atoms with Gasteiger partial charge in [-0.3, -0.25) is 14.5 Å². The standard InChI is InChI=1S/C10H12N2O5S.Na/c1-4(13)17-2-5-3-18-9-6(11)8(14)12(9)7(5)10(15)16;/h6,9H,2-3,11H2,1H3,(H,15,16);/q;+1/p-1/t6-,9-;/m1./s1. The Bertz CT molecular complexity index is 467. The number of carboxylic acid groups (broad SMARTS) is 1. The number of hydrogen-bond donors (Lipinski definition) is 1. The zero-order valence-electron chi connectivity index (χ0n) is 10.5. The summed E-state index contributed by atoms with van der Waals surface area (Å²) in [4.78, 5) is 34.5. The van der Waals surface area contributed by atoms with Crippen LogP contribution in [0.5, 0.6) is 0 Å². The van der Waals surface area contributed by atoms with Crippen molar-refractivity contribution in [2.75, 3.05) is 12.4 Å². The largest absolute Gasteiger partial charge is 1.00 e. The molecule has 0 aromatic heterocycles. The van der Waals surface area contributed by atoms with Crippen LogP contribution in [0.1, 0.15) is 6.92 Å². The topological polar surface area (TPSA) is 113 Å². The van der Waals surface area contributed by atoms with Gasteiger partial charge in [-0.15, -0.1) is 11.8 Å². The van der Waals surface area contributed by atoms with E-state index in [9.17, 15) is 19.5 Å². The molecule has 2 heterocycles. The average Bonchev–Trinajstić information content (AvgIpc) is 2.33. The monoisotopic (exact) mass is 294 g/mol. The maximum absolute atomic E-state index is 11.5. The van der Waals surface area contributed by atoms with Crippen LogP contribution in [0.15, 0.2) is 11.3 Å². The van der Waals surface area contributed by atoms with E-state index in [4.69, 9.17) is 10.5 Å². The van der Waals surface area contributed by atoms with E-state index in [-0.39, 0.29) is 47.2 Å². The molecular formula is C10H11N2NaO5S. The van der Waals surface area contributed by atoms with Crippen LogP contribution in [0.25, 0.3) is 0 Å². The van der Waals surface area contributed by atoms with Gasteiger partial charge < -0.3 is 20.4 Å². The van der Waals surface area contributed by atoms with Crippen LogP contribution in [-0.4, -0.2) is 46.5 Å². The van der Waals surface area contributed by atoms with Crippen LogP contribution in [0.2, 0.25) is 0 Å². The molecule has 9 heteroatoms. The first kappa shape index (κ1) is 16.5. The third-order valence-electron chi connectivity index (χ3n) is 2.73. The molecular weight excluding hydrogens is 283 g/mol. The molecule has 2 N–H and O–H groups in total. The predicted octanol–water partition coefficient (Wildman–Crippen LogP) is -5.20. The van der Waals surface area contributed by atoms with Crippen molar-refractivity contribution in [2.45, 2.75) is 18.3 Å². The first-order chi connectivity index (χ1) is 8.43. The number of hydrogen-bond acceptors (Lipinski definition) is 7. The second kappa shape index (κ2) is 6.27. The molecule has 0 aliphatic carbocycles. The van der Waals surface area contributed by atoms with Crippen molar-refractivity contribution >= 4 is 29.6 Å². The number of amides is 1. The molecule has 2 atom stereocenters. The first-order valence-corrected chi connectivity index (χ1v) is 6.25. The summed E-state index contributed by atoms with van der Waals surface area (Å²) in [5.41, 5.74) is 5.71. The fourth-order valence-electron chi connectivity index (χ4n) is 1.87. The van der Waals surface area contributed by atoms with E-state index in [1.54, 1.807) is 0 Å². The fourth-order valence-corrected chi connectivity index (χ4v) is 3.14. The Morgan fingerprint density at radius 2 is 2.21 bits per heavy atom. The maximum Gasteiger partial charge on any atom is 1.00 e. The molecule has 1 fully saturated rings. The van der Waals surface area contributed by atoms with Gasteiger partial charge in [-0.05, 0) is 0 Å². The molecule has 2 aliphatic rings. The van der Waals surface area contributed by atoms with Crippen molar-refractivity contribution in [1.29, 1.82) is 0 Å². The predicted molar refractivity (Wildman–Crippen MR) is 59.7 cm³/mol. The SMILES string of the molecule is CC(=O)OCC1=C(C(=O)[O-])N2C(=O)[C@@H](N)[C@H]2SC1.[Na+]. The van der Waals surface area contributed by atoms with Crippen molar-refractivity contribution in [3.05, 3.63) is 11.3 Å². The summed E-state index contributed by atoms with van der Waals surface area (Å²) in [7, 11) is 0. The number of nitrogens with zero attached hydrogens (tertiary/aromatic N) is 1. The summed E-state index contributed by atoms with van der Waals surface area (Å²) >= 11 is 1.35. The molecule has 7 nitrogen and oxygen atoms in total. The summed E-state index contributed by atoms with van der Waals surface area (Å²) in [6.07, 6.45) is 0. The molecule has 98 valence electrons. The molecule has 2 rings (SSSR count). The van der Waals surface area contributed by atoms with Crippen LogP contribution >= 0.6 is 11.8 Å². The second-order valence-corrected chi connectivity index (χ2v) is 5.06. The van der Waals surface area contributed by atoms with E-state index < -0.39 is 23.9 Å². The van der Waals surface area contributed by atoms with Crippen LogP contribution < -0.4 is 40.4 Å². The molecule has 2 aliphatic heterocycles. The van der Waals surface area contributed by atoms with Gasteiger partial charge in [-0.1, -0.05) is 0 Å². The van der Waals surface area contributed by atoms with Crippen LogP contribution in [0.4, 0.5) is 0 Å². The number of β-lactam (4-membered cyclic amide) rings is 1. The van der Waals surface area contributed by atoms with E-state index in [0.717, 1.165) is 4.90 Å². The maximum atomic E-state index is 11.5. The fraction of sp³-hybridized carbons (Fsp3) is 0.500. The Morgan fingerprint density at radius 3 is 2.74 bits per heavy atom. The summed E-state index contributed by atoms with van der Waals surface area (Å²) in [5.74, 6) is -2.08. The minimum absolute atomic E-state index is 0. The van der Waals surface area contributed by atoms with Gasteiger partial charge >= 0.3 is 35.5 Å². The van der Waals surface area contributed by atoms with Crippen molar-refractivity contribution in [3.63, 3.8) is 0 Å². The number of carboxylic acids is 1. The molecule has 0 unspecified atom stereocenters. The number of aliphatic carboxylic acids is 1. The molecule has 0 radical (unpaired) electrons. The molecule has 0 aromatic carbocycles. The average molecular weight is 294 g/mol. The van der Waals surface area contributed by atoms with Crippen molar-refractivity contribution in [3.8, 4) is 0 Å². The molecule has 0 saturated carbocycles. The van der Waals surface area contributed by atoms with Crippen molar-refractivity contribution < 1.29 is 53.8 Å². The van der Waals surface area contributed by atoms with Gasteiger partial charge in [0.05, 0.1) is 11.7 Å². The third kappa shape index (κ3) is 2.97. The molecule has 0 spiro atoms. The number of nitrogens with two attached hydrogens (primary N) is 1. The number of fused-ring (bicyclic) bond motifs is 1. The van der Waals surface area contributed by atoms with Gasteiger partial charge in [0.15, 0.2) is 0 Å². The van der Waals surface area contributed by atoms with Gasteiger partial charge in [-0.25, -0.2) is 0 Å². The summed E-state index contributed by atoms with van der Waals surface area (Å²) in [6.45, 7) is 1.07. The minimum atomic E-state index is -1.46. The van der Waals surface area contributed by atoms with E-state index >= 15 is 0 Å². The summed E-state index contributed by atoms with van der Waals surface area (Å²) < 4.78 is 4.76. The minimum Gasteiger partial charge on any atom is -0.543 e. The molecule has 1 amide bonds. The Kier molecular flexibility index (Phi) is 5.45. The van der Waals surface area contributed by atoms with Gasteiger partial charge in [0.25, 0.3) is 0 Å². The zero-order valence-corrected chi connectivity index (χ0v) is 13.4. The third-order valence-corrected chi connectivity index (χ3v) is 4.09. The molecule has 0 bridgehead atoms. The number of esters is 1. The number of thioether (sulfide) groups is 1. The Labute approximate surface area is 135 Å². The first-order valence-electron chi connectivity index (χ1n) is 5.20. The Morgan fingerprint density at radius 1 is 1.58 bits per heavy atom. The van der Waals surface area contributed by atoms with Gasteiger partial charge in [0.1, 0.15) is 18.0 Å². The molecule has 1 saturated heterocycles.